The highest BCUT2D eigenvalue weighted by molar-refractivity contribution is 5.55. The van der Waals surface area contributed by atoms with Gasteiger partial charge in [-0.3, -0.25) is 0 Å². The van der Waals surface area contributed by atoms with E-state index in [-0.39, 0.29) is 11.6 Å². The molecule has 0 radical (unpaired) electrons. The second kappa shape index (κ2) is 7.64. The van der Waals surface area contributed by atoms with E-state index < -0.39 is 0 Å². The van der Waals surface area contributed by atoms with Crippen molar-refractivity contribution in [2.24, 2.45) is 0 Å². The van der Waals surface area contributed by atoms with Gasteiger partial charge in [-0.2, -0.15) is 0 Å². The highest BCUT2D eigenvalue weighted by Crippen LogP contribution is 2.23. The SMILES string of the molecule is CCOc1ccc(Nc2nccn2CCCOC)cc1F. The standard InChI is InChI=1S/C15H20FN3O2/c1-3-21-14-6-5-12(11-13(14)16)18-15-17-7-9-19(15)8-4-10-20-2/h5-7,9,11H,3-4,8,10H2,1-2H3,(H,17,18). The first kappa shape index (κ1) is 15.3. The van der Waals surface area contributed by atoms with Gasteiger partial charge >= 0.3 is 0 Å². The van der Waals surface area contributed by atoms with Gasteiger partial charge in [0.2, 0.25) is 5.95 Å². The number of halogens is 1. The molecule has 0 aliphatic rings. The maximum absolute atomic E-state index is 13.8. The number of aryl methyl sites for hydroxylation is 1. The third kappa shape index (κ3) is 4.19. The summed E-state index contributed by atoms with van der Waals surface area (Å²) in [5.74, 6) is 0.542. The first-order chi connectivity index (χ1) is 10.2. The molecular formula is C15H20FN3O2. The first-order valence-electron chi connectivity index (χ1n) is 6.94. The van der Waals surface area contributed by atoms with Gasteiger partial charge in [0, 0.05) is 44.4 Å². The molecule has 0 amide bonds. The Morgan fingerprint density at radius 1 is 1.38 bits per heavy atom. The van der Waals surface area contributed by atoms with Crippen molar-refractivity contribution in [1.29, 1.82) is 0 Å². The zero-order chi connectivity index (χ0) is 15.1. The zero-order valence-electron chi connectivity index (χ0n) is 12.3. The van der Waals surface area contributed by atoms with Crippen LogP contribution in [-0.2, 0) is 11.3 Å². The molecule has 1 aromatic heterocycles. The van der Waals surface area contributed by atoms with Crippen LogP contribution in [0.25, 0.3) is 0 Å². The van der Waals surface area contributed by atoms with Crippen LogP contribution in [0, 0.1) is 5.82 Å². The third-order valence-electron chi connectivity index (χ3n) is 2.95. The van der Waals surface area contributed by atoms with Gasteiger partial charge in [-0.15, -0.1) is 0 Å². The number of aromatic nitrogens is 2. The minimum atomic E-state index is -0.390. The van der Waals surface area contributed by atoms with E-state index in [1.54, 1.807) is 25.4 Å². The van der Waals surface area contributed by atoms with Crippen molar-refractivity contribution in [2.75, 3.05) is 25.6 Å². The fourth-order valence-corrected chi connectivity index (χ4v) is 1.97. The van der Waals surface area contributed by atoms with Crippen molar-refractivity contribution in [1.82, 2.24) is 9.55 Å². The lowest BCUT2D eigenvalue weighted by molar-refractivity contribution is 0.190. The number of imidazole rings is 1. The van der Waals surface area contributed by atoms with E-state index >= 15 is 0 Å². The summed E-state index contributed by atoms with van der Waals surface area (Å²) in [6.45, 7) is 3.74. The molecule has 0 unspecified atom stereocenters. The van der Waals surface area contributed by atoms with Gasteiger partial charge in [0.25, 0.3) is 0 Å². The minimum absolute atomic E-state index is 0.256. The number of benzene rings is 1. The Morgan fingerprint density at radius 3 is 2.95 bits per heavy atom. The van der Waals surface area contributed by atoms with Gasteiger partial charge in [-0.25, -0.2) is 9.37 Å². The number of nitrogens with zero attached hydrogens (tertiary/aromatic N) is 2. The second-order valence-electron chi connectivity index (χ2n) is 4.49. The Morgan fingerprint density at radius 2 is 2.24 bits per heavy atom. The molecule has 0 saturated carbocycles. The fourth-order valence-electron chi connectivity index (χ4n) is 1.97. The van der Waals surface area contributed by atoms with Crippen LogP contribution in [0.1, 0.15) is 13.3 Å². The smallest absolute Gasteiger partial charge is 0.207 e. The number of methoxy groups -OCH3 is 1. The number of anilines is 2. The second-order valence-corrected chi connectivity index (χ2v) is 4.49. The quantitative estimate of drug-likeness (QED) is 0.759. The van der Waals surface area contributed by atoms with E-state index in [1.807, 2.05) is 17.7 Å². The van der Waals surface area contributed by atoms with Crippen molar-refractivity contribution in [3.63, 3.8) is 0 Å². The van der Waals surface area contributed by atoms with Crippen molar-refractivity contribution in [2.45, 2.75) is 19.9 Å². The van der Waals surface area contributed by atoms with E-state index in [9.17, 15) is 4.39 Å². The Kier molecular flexibility index (Phi) is 5.57. The Labute approximate surface area is 123 Å². The summed E-state index contributed by atoms with van der Waals surface area (Å²) in [7, 11) is 1.68. The van der Waals surface area contributed by atoms with E-state index in [2.05, 4.69) is 10.3 Å². The predicted octanol–water partition coefficient (Wildman–Crippen LogP) is 3.20. The van der Waals surface area contributed by atoms with Crippen LogP contribution in [0.4, 0.5) is 16.0 Å². The summed E-state index contributed by atoms with van der Waals surface area (Å²) in [4.78, 5) is 4.24. The van der Waals surface area contributed by atoms with Crippen LogP contribution >= 0.6 is 0 Å². The highest BCUT2D eigenvalue weighted by atomic mass is 19.1. The molecule has 0 aliphatic heterocycles. The molecule has 0 bridgehead atoms. The molecule has 0 fully saturated rings. The number of rotatable bonds is 8. The molecular weight excluding hydrogens is 273 g/mol. The lowest BCUT2D eigenvalue weighted by Gasteiger charge is -2.11. The van der Waals surface area contributed by atoms with Crippen LogP contribution in [-0.4, -0.2) is 29.9 Å². The topological polar surface area (TPSA) is 48.3 Å². The molecule has 21 heavy (non-hydrogen) atoms. The molecule has 5 nitrogen and oxygen atoms in total. The third-order valence-corrected chi connectivity index (χ3v) is 2.95. The van der Waals surface area contributed by atoms with Crippen molar-refractivity contribution in [3.8, 4) is 5.75 Å². The number of hydrogen-bond acceptors (Lipinski definition) is 4. The summed E-state index contributed by atoms with van der Waals surface area (Å²) in [6.07, 6.45) is 4.47. The van der Waals surface area contributed by atoms with Crippen LogP contribution < -0.4 is 10.1 Å². The molecule has 0 saturated heterocycles. The monoisotopic (exact) mass is 293 g/mol. The van der Waals surface area contributed by atoms with Crippen molar-refractivity contribution >= 4 is 11.6 Å². The van der Waals surface area contributed by atoms with Gasteiger partial charge in [0.15, 0.2) is 11.6 Å². The predicted molar refractivity (Wildman–Crippen MR) is 79.6 cm³/mol. The van der Waals surface area contributed by atoms with E-state index in [1.165, 1.54) is 6.07 Å². The molecule has 6 heteroatoms. The summed E-state index contributed by atoms with van der Waals surface area (Å²) in [5.41, 5.74) is 0.634. The molecule has 0 aliphatic carbocycles. The van der Waals surface area contributed by atoms with Gasteiger partial charge in [0.1, 0.15) is 0 Å². The Balaban J connectivity index is 2.04. The molecule has 1 aromatic carbocycles. The van der Waals surface area contributed by atoms with E-state index in [4.69, 9.17) is 9.47 Å². The Hall–Kier alpha value is -2.08. The number of nitrogens with one attached hydrogen (secondary N) is 1. The minimum Gasteiger partial charge on any atom is -0.491 e. The fraction of sp³-hybridized carbons (Fsp3) is 0.400. The van der Waals surface area contributed by atoms with Crippen LogP contribution in [0.3, 0.4) is 0 Å². The van der Waals surface area contributed by atoms with Crippen molar-refractivity contribution in [3.05, 3.63) is 36.4 Å². The zero-order valence-corrected chi connectivity index (χ0v) is 12.3. The van der Waals surface area contributed by atoms with Gasteiger partial charge in [-0.05, 0) is 25.5 Å². The molecule has 0 spiro atoms. The summed E-state index contributed by atoms with van der Waals surface area (Å²) < 4.78 is 26.0. The first-order valence-corrected chi connectivity index (χ1v) is 6.94. The molecule has 0 atom stereocenters. The number of hydrogen-bond donors (Lipinski definition) is 1. The van der Waals surface area contributed by atoms with Crippen molar-refractivity contribution < 1.29 is 13.9 Å². The molecule has 114 valence electrons. The van der Waals surface area contributed by atoms with Gasteiger partial charge in [-0.1, -0.05) is 0 Å². The van der Waals surface area contributed by atoms with Crippen LogP contribution in [0.5, 0.6) is 5.75 Å². The molecule has 2 rings (SSSR count). The maximum Gasteiger partial charge on any atom is 0.207 e. The van der Waals surface area contributed by atoms with Crippen LogP contribution in [0.2, 0.25) is 0 Å². The molecule has 2 aromatic rings. The highest BCUT2D eigenvalue weighted by Gasteiger charge is 2.07. The lowest BCUT2D eigenvalue weighted by atomic mass is 10.3. The van der Waals surface area contributed by atoms with Gasteiger partial charge in [0.05, 0.1) is 6.61 Å². The molecule has 1 heterocycles. The summed E-state index contributed by atoms with van der Waals surface area (Å²) in [6, 6.07) is 4.78. The van der Waals surface area contributed by atoms with Gasteiger partial charge < -0.3 is 19.4 Å². The maximum atomic E-state index is 13.8. The largest absolute Gasteiger partial charge is 0.491 e. The average molecular weight is 293 g/mol. The molecule has 1 N–H and O–H groups in total. The normalized spacial score (nSPS) is 10.6. The van der Waals surface area contributed by atoms with Crippen LogP contribution in [0.15, 0.2) is 30.6 Å². The van der Waals surface area contributed by atoms with E-state index in [0.717, 1.165) is 13.0 Å². The van der Waals surface area contributed by atoms with E-state index in [0.29, 0.717) is 24.8 Å². The average Bonchev–Trinajstić information content (AvgIpc) is 2.90. The summed E-state index contributed by atoms with van der Waals surface area (Å²) >= 11 is 0. The lowest BCUT2D eigenvalue weighted by Crippen LogP contribution is -2.05. The number of ether oxygens (including phenoxy) is 2. The summed E-state index contributed by atoms with van der Waals surface area (Å²) in [5, 5.41) is 3.11. The Bertz CT molecular complexity index is 572.